The van der Waals surface area contributed by atoms with Crippen molar-refractivity contribution in [3.05, 3.63) is 36.2 Å². The van der Waals surface area contributed by atoms with Crippen molar-refractivity contribution in [2.75, 3.05) is 18.7 Å². The van der Waals surface area contributed by atoms with E-state index in [2.05, 4.69) is 15.3 Å². The molecule has 2 heterocycles. The van der Waals surface area contributed by atoms with Crippen molar-refractivity contribution in [1.82, 2.24) is 9.97 Å². The van der Waals surface area contributed by atoms with E-state index in [1.165, 1.54) is 12.4 Å². The zero-order valence-corrected chi connectivity index (χ0v) is 12.0. The molecule has 114 valence electrons. The van der Waals surface area contributed by atoms with Crippen LogP contribution in [0.25, 0.3) is 0 Å². The Kier molecular flexibility index (Phi) is 4.04. The second-order valence-corrected chi connectivity index (χ2v) is 4.60. The molecule has 0 aliphatic carbocycles. The normalized spacial score (nSPS) is 12.0. The first-order valence-corrected chi connectivity index (χ1v) is 6.88. The van der Waals surface area contributed by atoms with Gasteiger partial charge in [0.15, 0.2) is 11.5 Å². The molecule has 7 nitrogen and oxygen atoms in total. The summed E-state index contributed by atoms with van der Waals surface area (Å²) < 4.78 is 15.7. The highest BCUT2D eigenvalue weighted by Crippen LogP contribution is 2.32. The Bertz CT molecular complexity index is 673. The molecule has 22 heavy (non-hydrogen) atoms. The smallest absolute Gasteiger partial charge is 0.316 e. The Hall–Kier alpha value is -2.83. The number of hydrogen-bond donors (Lipinski definition) is 1. The second-order valence-electron chi connectivity index (χ2n) is 4.60. The fourth-order valence-electron chi connectivity index (χ4n) is 2.03. The molecule has 7 heteroatoms. The number of hydrogen-bond acceptors (Lipinski definition) is 6. The summed E-state index contributed by atoms with van der Waals surface area (Å²) in [5.74, 6) is 1.20. The average Bonchev–Trinajstić information content (AvgIpc) is 2.97. The summed E-state index contributed by atoms with van der Waals surface area (Å²) in [6, 6.07) is 5.72. The van der Waals surface area contributed by atoms with Gasteiger partial charge < -0.3 is 19.5 Å². The van der Waals surface area contributed by atoms with Gasteiger partial charge in [-0.1, -0.05) is 6.07 Å². The maximum absolute atomic E-state index is 12.0. The van der Waals surface area contributed by atoms with Crippen molar-refractivity contribution in [3.63, 3.8) is 0 Å². The fourth-order valence-corrected chi connectivity index (χ4v) is 2.03. The third-order valence-electron chi connectivity index (χ3n) is 2.99. The second kappa shape index (κ2) is 6.30. The summed E-state index contributed by atoms with van der Waals surface area (Å²) in [7, 11) is 0. The molecule has 0 bridgehead atoms. The highest BCUT2D eigenvalue weighted by molar-refractivity contribution is 5.92. The summed E-state index contributed by atoms with van der Waals surface area (Å²) in [5.41, 5.74) is 1.36. The molecule has 0 atom stereocenters. The Morgan fingerprint density at radius 1 is 1.27 bits per heavy atom. The fraction of sp³-hybridized carbons (Fsp3) is 0.267. The molecule has 1 aromatic heterocycles. The van der Waals surface area contributed by atoms with E-state index in [0.29, 0.717) is 23.8 Å². The Morgan fingerprint density at radius 2 is 2.05 bits per heavy atom. The van der Waals surface area contributed by atoms with Crippen molar-refractivity contribution in [3.8, 4) is 17.5 Å². The predicted octanol–water partition coefficient (Wildman–Crippen LogP) is 1.79. The lowest BCUT2D eigenvalue weighted by Crippen LogP contribution is -2.14. The minimum Gasteiger partial charge on any atom is -0.464 e. The van der Waals surface area contributed by atoms with Crippen LogP contribution in [-0.4, -0.2) is 29.3 Å². The van der Waals surface area contributed by atoms with Gasteiger partial charge in [-0.05, 0) is 24.6 Å². The molecule has 1 amide bonds. The lowest BCUT2D eigenvalue weighted by Gasteiger charge is -2.06. The van der Waals surface area contributed by atoms with Gasteiger partial charge in [0, 0.05) is 0 Å². The van der Waals surface area contributed by atoms with Gasteiger partial charge in [0.25, 0.3) is 0 Å². The van der Waals surface area contributed by atoms with Gasteiger partial charge in [0.1, 0.15) is 0 Å². The number of carbonyl (C=O) groups excluding carboxylic acids is 1. The Morgan fingerprint density at radius 3 is 2.82 bits per heavy atom. The SMILES string of the molecule is CCOc1ncc(NC(=O)Cc2ccc3c(c2)OCO3)cn1. The van der Waals surface area contributed by atoms with Gasteiger partial charge >= 0.3 is 6.01 Å². The van der Waals surface area contributed by atoms with E-state index in [1.54, 1.807) is 12.1 Å². The molecule has 2 aromatic rings. The minimum absolute atomic E-state index is 0.161. The topological polar surface area (TPSA) is 82.6 Å². The number of aromatic nitrogens is 2. The lowest BCUT2D eigenvalue weighted by atomic mass is 10.1. The predicted molar refractivity (Wildman–Crippen MR) is 78.1 cm³/mol. The number of rotatable bonds is 5. The van der Waals surface area contributed by atoms with Crippen LogP contribution in [-0.2, 0) is 11.2 Å². The molecule has 0 unspecified atom stereocenters. The van der Waals surface area contributed by atoms with Gasteiger partial charge in [-0.25, -0.2) is 9.97 Å². The van der Waals surface area contributed by atoms with Crippen LogP contribution in [0.1, 0.15) is 12.5 Å². The van der Waals surface area contributed by atoms with Crippen molar-refractivity contribution in [2.45, 2.75) is 13.3 Å². The van der Waals surface area contributed by atoms with Crippen LogP contribution in [0.2, 0.25) is 0 Å². The van der Waals surface area contributed by atoms with Crippen LogP contribution in [0.3, 0.4) is 0 Å². The van der Waals surface area contributed by atoms with E-state index in [4.69, 9.17) is 14.2 Å². The van der Waals surface area contributed by atoms with E-state index in [1.807, 2.05) is 13.0 Å². The number of amides is 1. The van der Waals surface area contributed by atoms with Crippen LogP contribution >= 0.6 is 0 Å². The molecule has 0 radical (unpaired) electrons. The van der Waals surface area contributed by atoms with Crippen LogP contribution in [0.4, 0.5) is 5.69 Å². The largest absolute Gasteiger partial charge is 0.464 e. The molecule has 0 spiro atoms. The number of nitrogens with zero attached hydrogens (tertiary/aromatic N) is 2. The monoisotopic (exact) mass is 301 g/mol. The van der Waals surface area contributed by atoms with Crippen molar-refractivity contribution >= 4 is 11.6 Å². The van der Waals surface area contributed by atoms with Crippen molar-refractivity contribution < 1.29 is 19.0 Å². The van der Waals surface area contributed by atoms with E-state index in [9.17, 15) is 4.79 Å². The quantitative estimate of drug-likeness (QED) is 0.906. The first-order chi connectivity index (χ1) is 10.7. The average molecular weight is 301 g/mol. The van der Waals surface area contributed by atoms with E-state index >= 15 is 0 Å². The van der Waals surface area contributed by atoms with Crippen molar-refractivity contribution in [1.29, 1.82) is 0 Å². The third-order valence-corrected chi connectivity index (χ3v) is 2.99. The molecule has 0 fully saturated rings. The van der Waals surface area contributed by atoms with Crippen LogP contribution in [0.5, 0.6) is 17.5 Å². The van der Waals surface area contributed by atoms with Crippen LogP contribution in [0, 0.1) is 0 Å². The summed E-state index contributed by atoms with van der Waals surface area (Å²) in [4.78, 5) is 20.0. The number of ether oxygens (including phenoxy) is 3. The lowest BCUT2D eigenvalue weighted by molar-refractivity contribution is -0.115. The van der Waals surface area contributed by atoms with Gasteiger partial charge in [-0.15, -0.1) is 0 Å². The van der Waals surface area contributed by atoms with Crippen LogP contribution < -0.4 is 19.5 Å². The highest BCUT2D eigenvalue weighted by Gasteiger charge is 2.14. The van der Waals surface area contributed by atoms with Crippen LogP contribution in [0.15, 0.2) is 30.6 Å². The standard InChI is InChI=1S/C15H15N3O4/c1-2-20-15-16-7-11(8-17-15)18-14(19)6-10-3-4-12-13(5-10)22-9-21-12/h3-5,7-8H,2,6,9H2,1H3,(H,18,19). The summed E-state index contributed by atoms with van der Waals surface area (Å²) in [6.45, 7) is 2.56. The molecule has 1 aliphatic heterocycles. The molecule has 0 saturated heterocycles. The van der Waals surface area contributed by atoms with Crippen molar-refractivity contribution in [2.24, 2.45) is 0 Å². The third kappa shape index (κ3) is 3.25. The Labute approximate surface area is 127 Å². The first-order valence-electron chi connectivity index (χ1n) is 6.88. The molecular weight excluding hydrogens is 286 g/mol. The number of fused-ring (bicyclic) bond motifs is 1. The summed E-state index contributed by atoms with van der Waals surface area (Å²) in [6.07, 6.45) is 3.24. The summed E-state index contributed by atoms with van der Waals surface area (Å²) in [5, 5.41) is 2.74. The molecule has 1 N–H and O–H groups in total. The first kappa shape index (κ1) is 14.1. The molecule has 1 aromatic carbocycles. The van der Waals surface area contributed by atoms with E-state index in [0.717, 1.165) is 5.56 Å². The molecule has 0 saturated carbocycles. The van der Waals surface area contributed by atoms with E-state index in [-0.39, 0.29) is 25.1 Å². The maximum atomic E-state index is 12.0. The van der Waals surface area contributed by atoms with Gasteiger partial charge in [-0.2, -0.15) is 0 Å². The number of anilines is 1. The zero-order chi connectivity index (χ0) is 15.4. The highest BCUT2D eigenvalue weighted by atomic mass is 16.7. The molecular formula is C15H15N3O4. The van der Waals surface area contributed by atoms with Gasteiger partial charge in [-0.3, -0.25) is 4.79 Å². The maximum Gasteiger partial charge on any atom is 0.316 e. The van der Waals surface area contributed by atoms with Gasteiger partial charge in [0.05, 0.1) is 31.1 Å². The molecule has 1 aliphatic rings. The zero-order valence-electron chi connectivity index (χ0n) is 12.0. The summed E-state index contributed by atoms with van der Waals surface area (Å²) >= 11 is 0. The number of nitrogens with one attached hydrogen (secondary N) is 1. The number of benzene rings is 1. The number of carbonyl (C=O) groups is 1. The van der Waals surface area contributed by atoms with E-state index < -0.39 is 0 Å². The minimum atomic E-state index is -0.161. The molecule has 3 rings (SSSR count). The van der Waals surface area contributed by atoms with Gasteiger partial charge in [0.2, 0.25) is 12.7 Å². The Balaban J connectivity index is 1.60.